The van der Waals surface area contributed by atoms with Gasteiger partial charge in [0.1, 0.15) is 6.61 Å². The molecule has 208 valence electrons. The summed E-state index contributed by atoms with van der Waals surface area (Å²) in [6.45, 7) is 13.9. The number of aliphatic hydroxyl groups excluding tert-OH is 1. The summed E-state index contributed by atoms with van der Waals surface area (Å²) in [6.07, 6.45) is -1.75. The second-order valence-electron chi connectivity index (χ2n) is 11.1. The zero-order valence-electron chi connectivity index (χ0n) is 23.7. The lowest BCUT2D eigenvalue weighted by atomic mass is 9.84. The van der Waals surface area contributed by atoms with Crippen molar-refractivity contribution in [2.75, 3.05) is 20.2 Å². The summed E-state index contributed by atoms with van der Waals surface area (Å²) >= 11 is 0. The van der Waals surface area contributed by atoms with E-state index >= 15 is 0 Å². The Bertz CT molecular complexity index is 1030. The monoisotopic (exact) mass is 541 g/mol. The number of amides is 1. The van der Waals surface area contributed by atoms with Gasteiger partial charge in [-0.05, 0) is 39.9 Å². The van der Waals surface area contributed by atoms with Crippen molar-refractivity contribution in [1.82, 2.24) is 4.90 Å². The van der Waals surface area contributed by atoms with Crippen LogP contribution in [-0.2, 0) is 20.5 Å². The molecule has 0 bridgehead atoms. The molecule has 3 rings (SSSR count). The Balaban J connectivity index is 1.92. The highest BCUT2D eigenvalue weighted by atomic mass is 28.4. The maximum atomic E-state index is 13.1. The third kappa shape index (κ3) is 6.47. The lowest BCUT2D eigenvalue weighted by Crippen LogP contribution is -2.59. The zero-order valence-corrected chi connectivity index (χ0v) is 24.7. The first-order chi connectivity index (χ1) is 18.0. The van der Waals surface area contributed by atoms with Crippen LogP contribution in [-0.4, -0.2) is 62.8 Å². The Morgan fingerprint density at radius 3 is 2.03 bits per heavy atom. The predicted octanol–water partition coefficient (Wildman–Crippen LogP) is 6.13. The second kappa shape index (κ2) is 12.9. The van der Waals surface area contributed by atoms with Gasteiger partial charge in [0, 0.05) is 12.5 Å². The SMILES string of the molecule is COC(=O)c1ccc([C@@H]2[C@@H](O)CN(C(=O)OCc3ccccc3)C[C@H]2O[Si](C(C)C)(C(C)C)C(C)C)cc1. The van der Waals surface area contributed by atoms with Crippen molar-refractivity contribution in [2.24, 2.45) is 0 Å². The van der Waals surface area contributed by atoms with Gasteiger partial charge in [0.2, 0.25) is 8.32 Å². The number of β-amino-alcohol motifs (C(OH)–C–C–N with tert-alkyl or cyclic N) is 1. The van der Waals surface area contributed by atoms with Crippen LogP contribution in [0.1, 0.15) is 68.9 Å². The first kappa shape index (κ1) is 29.9. The van der Waals surface area contributed by atoms with E-state index in [0.717, 1.165) is 11.1 Å². The fourth-order valence-corrected chi connectivity index (χ4v) is 11.7. The second-order valence-corrected chi connectivity index (χ2v) is 16.5. The first-order valence-electron chi connectivity index (χ1n) is 13.5. The highest BCUT2D eigenvalue weighted by Gasteiger charge is 2.50. The molecule has 0 unspecified atom stereocenters. The number of ether oxygens (including phenoxy) is 2. The molecule has 7 nitrogen and oxygen atoms in total. The summed E-state index contributed by atoms with van der Waals surface area (Å²) in [6, 6.07) is 16.7. The van der Waals surface area contributed by atoms with Crippen molar-refractivity contribution in [2.45, 2.75) is 82.9 Å². The van der Waals surface area contributed by atoms with Gasteiger partial charge in [-0.15, -0.1) is 0 Å². The summed E-state index contributed by atoms with van der Waals surface area (Å²) in [7, 11) is -1.00. The van der Waals surface area contributed by atoms with E-state index in [0.29, 0.717) is 28.7 Å². The van der Waals surface area contributed by atoms with E-state index in [1.54, 1.807) is 17.0 Å². The fourth-order valence-electron chi connectivity index (χ4n) is 6.13. The van der Waals surface area contributed by atoms with E-state index in [1.165, 1.54) is 7.11 Å². The largest absolute Gasteiger partial charge is 0.465 e. The number of aliphatic hydroxyl groups is 1. The van der Waals surface area contributed by atoms with Crippen molar-refractivity contribution in [3.63, 3.8) is 0 Å². The lowest BCUT2D eigenvalue weighted by molar-refractivity contribution is -0.0255. The van der Waals surface area contributed by atoms with Crippen LogP contribution in [0, 0.1) is 0 Å². The van der Waals surface area contributed by atoms with Crippen molar-refractivity contribution in [3.05, 3.63) is 71.3 Å². The molecule has 1 N–H and O–H groups in total. The standard InChI is InChI=1S/C30H43NO6Si/c1-20(2)38(21(3)4,22(5)6)37-27-18-31(30(34)36-19-23-11-9-8-10-12-23)17-26(32)28(27)24-13-15-25(16-14-24)29(33)35-7/h8-16,20-22,26-28,32H,17-19H2,1-7H3/t26-,27+,28+/m0/s1. The van der Waals surface area contributed by atoms with E-state index < -0.39 is 32.6 Å². The molecule has 38 heavy (non-hydrogen) atoms. The van der Waals surface area contributed by atoms with Crippen molar-refractivity contribution < 1.29 is 28.6 Å². The molecule has 0 spiro atoms. The molecule has 1 heterocycles. The molecule has 1 aliphatic rings. The van der Waals surface area contributed by atoms with E-state index in [4.69, 9.17) is 13.9 Å². The Morgan fingerprint density at radius 1 is 0.921 bits per heavy atom. The number of carbonyl (C=O) groups excluding carboxylic acids is 2. The first-order valence-corrected chi connectivity index (χ1v) is 15.6. The highest BCUT2D eigenvalue weighted by Crippen LogP contribution is 2.45. The average molecular weight is 542 g/mol. The number of piperidine rings is 1. The Hall–Kier alpha value is -2.68. The van der Waals surface area contributed by atoms with Crippen LogP contribution in [0.15, 0.2) is 54.6 Å². The molecule has 8 heteroatoms. The van der Waals surface area contributed by atoms with Crippen LogP contribution < -0.4 is 0 Å². The van der Waals surface area contributed by atoms with Gasteiger partial charge in [0.25, 0.3) is 0 Å². The number of likely N-dealkylation sites (tertiary alicyclic amines) is 1. The van der Waals surface area contributed by atoms with E-state index in [9.17, 15) is 14.7 Å². The van der Waals surface area contributed by atoms with Gasteiger partial charge < -0.3 is 23.9 Å². The maximum absolute atomic E-state index is 13.1. The van der Waals surface area contributed by atoms with Gasteiger partial charge in [-0.3, -0.25) is 0 Å². The molecule has 2 aromatic rings. The zero-order chi connectivity index (χ0) is 28.0. The molecule has 3 atom stereocenters. The molecule has 1 aliphatic heterocycles. The van der Waals surface area contributed by atoms with Crippen molar-refractivity contribution in [1.29, 1.82) is 0 Å². The minimum Gasteiger partial charge on any atom is -0.465 e. The molecule has 0 aromatic heterocycles. The molecule has 0 radical (unpaired) electrons. The van der Waals surface area contributed by atoms with Gasteiger partial charge in [0.05, 0.1) is 31.4 Å². The number of esters is 1. The van der Waals surface area contributed by atoms with Crippen LogP contribution in [0.4, 0.5) is 4.79 Å². The maximum Gasteiger partial charge on any atom is 0.410 e. The van der Waals surface area contributed by atoms with Crippen LogP contribution in [0.5, 0.6) is 0 Å². The number of hydrogen-bond acceptors (Lipinski definition) is 6. The summed E-state index contributed by atoms with van der Waals surface area (Å²) in [4.78, 5) is 26.7. The van der Waals surface area contributed by atoms with Gasteiger partial charge in [-0.2, -0.15) is 0 Å². The third-order valence-corrected chi connectivity index (χ3v) is 14.0. The smallest absolute Gasteiger partial charge is 0.410 e. The Labute approximate surface area is 228 Å². The van der Waals surface area contributed by atoms with Gasteiger partial charge in [-0.1, -0.05) is 84.0 Å². The number of benzene rings is 2. The number of rotatable bonds is 9. The molecular formula is C30H43NO6Si. The Kier molecular flexibility index (Phi) is 10.1. The van der Waals surface area contributed by atoms with Gasteiger partial charge >= 0.3 is 12.1 Å². The van der Waals surface area contributed by atoms with E-state index in [2.05, 4.69) is 41.5 Å². The van der Waals surface area contributed by atoms with Crippen LogP contribution in [0.2, 0.25) is 16.6 Å². The van der Waals surface area contributed by atoms with Crippen molar-refractivity contribution in [3.8, 4) is 0 Å². The molecule has 1 fully saturated rings. The topological polar surface area (TPSA) is 85.3 Å². The molecular weight excluding hydrogens is 498 g/mol. The minimum atomic E-state index is -2.35. The molecule has 0 saturated carbocycles. The summed E-state index contributed by atoms with van der Waals surface area (Å²) in [5.41, 5.74) is 3.22. The number of carbonyl (C=O) groups is 2. The number of nitrogens with zero attached hydrogens (tertiary/aromatic N) is 1. The fraction of sp³-hybridized carbons (Fsp3) is 0.533. The molecule has 2 aromatic carbocycles. The van der Waals surface area contributed by atoms with Gasteiger partial charge in [0.15, 0.2) is 0 Å². The number of methoxy groups -OCH3 is 1. The van der Waals surface area contributed by atoms with Crippen LogP contribution >= 0.6 is 0 Å². The van der Waals surface area contributed by atoms with Crippen LogP contribution in [0.3, 0.4) is 0 Å². The minimum absolute atomic E-state index is 0.135. The molecule has 1 saturated heterocycles. The highest BCUT2D eigenvalue weighted by molar-refractivity contribution is 6.77. The summed E-state index contributed by atoms with van der Waals surface area (Å²) in [5.74, 6) is -0.769. The van der Waals surface area contributed by atoms with Gasteiger partial charge in [-0.25, -0.2) is 9.59 Å². The summed E-state index contributed by atoms with van der Waals surface area (Å²) in [5, 5.41) is 11.4. The van der Waals surface area contributed by atoms with Crippen LogP contribution in [0.25, 0.3) is 0 Å². The normalized spacial score (nSPS) is 20.2. The third-order valence-electron chi connectivity index (χ3n) is 7.87. The quantitative estimate of drug-likeness (QED) is 0.304. The molecule has 1 amide bonds. The van der Waals surface area contributed by atoms with E-state index in [-0.39, 0.29) is 19.1 Å². The van der Waals surface area contributed by atoms with Crippen molar-refractivity contribution >= 4 is 20.4 Å². The Morgan fingerprint density at radius 2 is 1.50 bits per heavy atom. The number of hydrogen-bond donors (Lipinski definition) is 1. The lowest BCUT2D eigenvalue weighted by Gasteiger charge is -2.49. The predicted molar refractivity (Wildman–Crippen MR) is 151 cm³/mol. The average Bonchev–Trinajstić information content (AvgIpc) is 2.89. The molecule has 0 aliphatic carbocycles. The summed E-state index contributed by atoms with van der Waals surface area (Å²) < 4.78 is 17.6. The van der Waals surface area contributed by atoms with E-state index in [1.807, 2.05) is 42.5 Å².